The van der Waals surface area contributed by atoms with Gasteiger partial charge in [-0.3, -0.25) is 4.99 Å². The monoisotopic (exact) mass is 270 g/mol. The van der Waals surface area contributed by atoms with Gasteiger partial charge < -0.3 is 5.32 Å². The van der Waals surface area contributed by atoms with E-state index in [1.54, 1.807) is 0 Å². The zero-order valence-electron chi connectivity index (χ0n) is 12.9. The maximum atomic E-state index is 4.89. The number of aliphatic imine (C=N–C) groups is 1. The Bertz CT molecular complexity index is 279. The average Bonchev–Trinajstić information content (AvgIpc) is 2.25. The van der Waals surface area contributed by atoms with Crippen LogP contribution in [0.15, 0.2) is 4.99 Å². The van der Waals surface area contributed by atoms with Crippen LogP contribution in [-0.2, 0) is 0 Å². The maximum absolute atomic E-state index is 4.89. The number of nitrogens with one attached hydrogen (secondary N) is 1. The van der Waals surface area contributed by atoms with Crippen molar-refractivity contribution in [1.29, 1.82) is 0 Å². The van der Waals surface area contributed by atoms with Crippen molar-refractivity contribution in [2.75, 3.05) is 5.75 Å². The second-order valence-corrected chi connectivity index (χ2v) is 8.05. The van der Waals surface area contributed by atoms with Crippen molar-refractivity contribution in [2.45, 2.75) is 72.9 Å². The van der Waals surface area contributed by atoms with Crippen LogP contribution in [0.25, 0.3) is 0 Å². The molecule has 1 aliphatic rings. The van der Waals surface area contributed by atoms with Gasteiger partial charge in [-0.2, -0.15) is 0 Å². The molecular formula is C15H30N2S. The van der Waals surface area contributed by atoms with Gasteiger partial charge in [-0.05, 0) is 37.5 Å². The van der Waals surface area contributed by atoms with Crippen molar-refractivity contribution in [3.05, 3.63) is 0 Å². The van der Waals surface area contributed by atoms with Crippen molar-refractivity contribution in [1.82, 2.24) is 5.32 Å². The summed E-state index contributed by atoms with van der Waals surface area (Å²) in [5.74, 6) is 1.99. The minimum absolute atomic E-state index is 0.287. The molecule has 1 heterocycles. The lowest BCUT2D eigenvalue weighted by atomic mass is 9.85. The fourth-order valence-corrected chi connectivity index (χ4v) is 3.10. The summed E-state index contributed by atoms with van der Waals surface area (Å²) in [7, 11) is 0. The molecule has 0 fully saturated rings. The standard InChI is InChI=1S/C15H30N2S/c1-11(2)7-8-12(3)16-14-17-13(9-10-18-14)15(4,5)6/h11-13H,7-10H2,1-6H3,(H,16,17). The van der Waals surface area contributed by atoms with Gasteiger partial charge in [-0.25, -0.2) is 0 Å². The highest BCUT2D eigenvalue weighted by Gasteiger charge is 2.27. The summed E-state index contributed by atoms with van der Waals surface area (Å²) in [6, 6.07) is 1.01. The smallest absolute Gasteiger partial charge is 0.157 e. The Hall–Kier alpha value is -0.180. The van der Waals surface area contributed by atoms with Crippen molar-refractivity contribution >= 4 is 16.9 Å². The molecule has 0 spiro atoms. The number of thioether (sulfide) groups is 1. The first-order valence-corrected chi connectivity index (χ1v) is 8.24. The topological polar surface area (TPSA) is 24.4 Å². The first-order chi connectivity index (χ1) is 8.29. The minimum Gasteiger partial charge on any atom is -0.362 e. The van der Waals surface area contributed by atoms with Gasteiger partial charge in [-0.1, -0.05) is 46.4 Å². The molecule has 2 unspecified atom stereocenters. The molecule has 0 bridgehead atoms. The van der Waals surface area contributed by atoms with Gasteiger partial charge in [0.1, 0.15) is 0 Å². The third-order valence-electron chi connectivity index (χ3n) is 3.45. The van der Waals surface area contributed by atoms with Gasteiger partial charge in [0.05, 0.1) is 6.04 Å². The van der Waals surface area contributed by atoms with Gasteiger partial charge in [0, 0.05) is 11.8 Å². The molecule has 1 aliphatic heterocycles. The average molecular weight is 270 g/mol. The van der Waals surface area contributed by atoms with Crippen LogP contribution < -0.4 is 5.32 Å². The second kappa shape index (κ2) is 6.83. The quantitative estimate of drug-likeness (QED) is 0.823. The predicted molar refractivity (Wildman–Crippen MR) is 84.4 cm³/mol. The van der Waals surface area contributed by atoms with Crippen LogP contribution in [0.3, 0.4) is 0 Å². The summed E-state index contributed by atoms with van der Waals surface area (Å²) in [5.41, 5.74) is 0.287. The number of hydrogen-bond donors (Lipinski definition) is 1. The van der Waals surface area contributed by atoms with Crippen LogP contribution in [0.2, 0.25) is 0 Å². The van der Waals surface area contributed by atoms with Crippen LogP contribution in [-0.4, -0.2) is 23.0 Å². The van der Waals surface area contributed by atoms with Crippen LogP contribution in [0.4, 0.5) is 0 Å². The number of amidine groups is 1. The lowest BCUT2D eigenvalue weighted by Gasteiger charge is -2.31. The molecule has 2 atom stereocenters. The molecule has 0 aromatic carbocycles. The van der Waals surface area contributed by atoms with E-state index in [2.05, 4.69) is 46.9 Å². The van der Waals surface area contributed by atoms with Crippen molar-refractivity contribution in [3.63, 3.8) is 0 Å². The highest BCUT2D eigenvalue weighted by Crippen LogP contribution is 2.30. The number of rotatable bonds is 4. The summed E-state index contributed by atoms with van der Waals surface area (Å²) in [6.45, 7) is 13.7. The van der Waals surface area contributed by atoms with E-state index in [0.717, 1.165) is 11.1 Å². The second-order valence-electron chi connectivity index (χ2n) is 6.97. The minimum atomic E-state index is 0.287. The van der Waals surface area contributed by atoms with E-state index in [1.165, 1.54) is 25.0 Å². The van der Waals surface area contributed by atoms with Gasteiger partial charge >= 0.3 is 0 Å². The van der Waals surface area contributed by atoms with E-state index in [4.69, 9.17) is 4.99 Å². The van der Waals surface area contributed by atoms with Crippen LogP contribution in [0.5, 0.6) is 0 Å². The normalized spacial score (nSPS) is 22.8. The Kier molecular flexibility index (Phi) is 6.03. The van der Waals surface area contributed by atoms with E-state index in [0.29, 0.717) is 12.1 Å². The van der Waals surface area contributed by atoms with E-state index in [1.807, 2.05) is 11.8 Å². The first kappa shape index (κ1) is 15.9. The third kappa shape index (κ3) is 5.64. The SMILES string of the molecule is CC(C)CCC(C)NC1=NC(C(C)(C)C)CCS1. The molecule has 0 aliphatic carbocycles. The Morgan fingerprint density at radius 3 is 2.50 bits per heavy atom. The Morgan fingerprint density at radius 1 is 1.28 bits per heavy atom. The lowest BCUT2D eigenvalue weighted by Crippen LogP contribution is -2.37. The lowest BCUT2D eigenvalue weighted by molar-refractivity contribution is 0.315. The fourth-order valence-electron chi connectivity index (χ4n) is 2.08. The Morgan fingerprint density at radius 2 is 1.94 bits per heavy atom. The van der Waals surface area contributed by atoms with Gasteiger partial charge in [0.25, 0.3) is 0 Å². The maximum Gasteiger partial charge on any atom is 0.157 e. The van der Waals surface area contributed by atoms with Crippen molar-refractivity contribution in [3.8, 4) is 0 Å². The highest BCUT2D eigenvalue weighted by molar-refractivity contribution is 8.13. The third-order valence-corrected chi connectivity index (χ3v) is 4.39. The van der Waals surface area contributed by atoms with E-state index in [-0.39, 0.29) is 5.41 Å². The van der Waals surface area contributed by atoms with Gasteiger partial charge in [0.15, 0.2) is 5.17 Å². The molecule has 2 nitrogen and oxygen atoms in total. The van der Waals surface area contributed by atoms with Crippen molar-refractivity contribution in [2.24, 2.45) is 16.3 Å². The first-order valence-electron chi connectivity index (χ1n) is 7.26. The largest absolute Gasteiger partial charge is 0.362 e. The van der Waals surface area contributed by atoms with E-state index in [9.17, 15) is 0 Å². The number of nitrogens with zero attached hydrogens (tertiary/aromatic N) is 1. The van der Waals surface area contributed by atoms with Crippen LogP contribution >= 0.6 is 11.8 Å². The summed E-state index contributed by atoms with van der Waals surface area (Å²) < 4.78 is 0. The fraction of sp³-hybridized carbons (Fsp3) is 0.933. The molecule has 3 heteroatoms. The van der Waals surface area contributed by atoms with Crippen LogP contribution in [0.1, 0.15) is 60.8 Å². The molecule has 0 amide bonds. The van der Waals surface area contributed by atoms with Crippen LogP contribution in [0, 0.1) is 11.3 Å². The summed E-state index contributed by atoms with van der Waals surface area (Å²) >= 11 is 1.88. The number of hydrogen-bond acceptors (Lipinski definition) is 3. The van der Waals surface area contributed by atoms with Crippen molar-refractivity contribution < 1.29 is 0 Å². The molecule has 0 aromatic rings. The predicted octanol–water partition coefficient (Wildman–Crippen LogP) is 4.31. The molecule has 0 saturated heterocycles. The molecule has 0 aromatic heterocycles. The van der Waals surface area contributed by atoms with E-state index >= 15 is 0 Å². The molecule has 0 radical (unpaired) electrons. The highest BCUT2D eigenvalue weighted by atomic mass is 32.2. The zero-order valence-corrected chi connectivity index (χ0v) is 13.7. The molecule has 1 rings (SSSR count). The van der Waals surface area contributed by atoms with Gasteiger partial charge in [-0.15, -0.1) is 0 Å². The zero-order chi connectivity index (χ0) is 13.8. The molecular weight excluding hydrogens is 240 g/mol. The molecule has 0 saturated carbocycles. The Labute approximate surface area is 117 Å². The summed E-state index contributed by atoms with van der Waals surface area (Å²) in [4.78, 5) is 4.89. The Balaban J connectivity index is 2.48. The molecule has 18 heavy (non-hydrogen) atoms. The molecule has 1 N–H and O–H groups in total. The summed E-state index contributed by atoms with van der Waals surface area (Å²) in [5, 5.41) is 4.75. The summed E-state index contributed by atoms with van der Waals surface area (Å²) in [6.07, 6.45) is 3.73. The van der Waals surface area contributed by atoms with E-state index < -0.39 is 0 Å². The van der Waals surface area contributed by atoms with Gasteiger partial charge in [0.2, 0.25) is 0 Å². The molecule has 106 valence electrons.